The molecule has 1 aliphatic heterocycles. The fourth-order valence-electron chi connectivity index (χ4n) is 2.74. The number of anilines is 1. The van der Waals surface area contributed by atoms with E-state index in [2.05, 4.69) is 15.9 Å². The molecule has 0 unspecified atom stereocenters. The molecule has 9 heteroatoms. The van der Waals surface area contributed by atoms with Crippen LogP contribution in [0.2, 0.25) is 10.0 Å². The van der Waals surface area contributed by atoms with Crippen molar-refractivity contribution in [2.24, 2.45) is 0 Å². The van der Waals surface area contributed by atoms with E-state index >= 15 is 0 Å². The summed E-state index contributed by atoms with van der Waals surface area (Å²) in [6, 6.07) is 9.16. The molecule has 0 amide bonds. The highest BCUT2D eigenvalue weighted by atomic mass is 79.9. The summed E-state index contributed by atoms with van der Waals surface area (Å²) in [5.41, 5.74) is 0.859. The molecule has 0 spiro atoms. The number of sulfonamides is 1. The molecule has 0 aromatic heterocycles. The van der Waals surface area contributed by atoms with E-state index in [-0.39, 0.29) is 20.8 Å². The third kappa shape index (κ3) is 3.95. The van der Waals surface area contributed by atoms with Gasteiger partial charge in [-0.3, -0.25) is 0 Å². The summed E-state index contributed by atoms with van der Waals surface area (Å²) in [4.78, 5) is 1.94. The molecule has 1 fully saturated rings. The van der Waals surface area contributed by atoms with Crippen LogP contribution in [0, 0.1) is 5.82 Å². The van der Waals surface area contributed by atoms with Crippen molar-refractivity contribution in [2.45, 2.75) is 4.90 Å². The number of nitrogens with zero attached hydrogens (tertiary/aromatic N) is 2. The van der Waals surface area contributed by atoms with E-state index in [0.717, 1.165) is 5.69 Å². The van der Waals surface area contributed by atoms with Gasteiger partial charge in [0.2, 0.25) is 10.0 Å². The van der Waals surface area contributed by atoms with Crippen molar-refractivity contribution in [3.63, 3.8) is 0 Å². The van der Waals surface area contributed by atoms with Crippen LogP contribution in [-0.4, -0.2) is 38.9 Å². The Morgan fingerprint density at radius 2 is 1.48 bits per heavy atom. The van der Waals surface area contributed by atoms with Crippen LogP contribution in [0.1, 0.15) is 0 Å². The molecule has 1 saturated heterocycles. The summed E-state index contributed by atoms with van der Waals surface area (Å²) in [6.45, 7) is 1.58. The van der Waals surface area contributed by atoms with Crippen molar-refractivity contribution in [1.82, 2.24) is 4.31 Å². The van der Waals surface area contributed by atoms with Gasteiger partial charge in [0.05, 0.1) is 10.0 Å². The highest BCUT2D eigenvalue weighted by Gasteiger charge is 2.32. The van der Waals surface area contributed by atoms with Crippen molar-refractivity contribution in [1.29, 1.82) is 0 Å². The van der Waals surface area contributed by atoms with Gasteiger partial charge < -0.3 is 4.90 Å². The minimum Gasteiger partial charge on any atom is -0.369 e. The smallest absolute Gasteiger partial charge is 0.246 e. The summed E-state index contributed by atoms with van der Waals surface area (Å²) in [5.74, 6) is -0.301. The Bertz CT molecular complexity index is 863. The molecular weight excluding hydrogens is 454 g/mol. The first-order valence-corrected chi connectivity index (χ1v) is 10.4. The lowest BCUT2D eigenvalue weighted by Gasteiger charge is -2.35. The van der Waals surface area contributed by atoms with Gasteiger partial charge >= 0.3 is 0 Å². The van der Waals surface area contributed by atoms with Gasteiger partial charge in [-0.05, 0) is 36.4 Å². The van der Waals surface area contributed by atoms with Gasteiger partial charge in [-0.2, -0.15) is 4.31 Å². The van der Waals surface area contributed by atoms with Gasteiger partial charge in [0.25, 0.3) is 0 Å². The third-order valence-electron chi connectivity index (χ3n) is 3.99. The molecular formula is C16H14BrCl2FN2O2S. The first-order valence-electron chi connectivity index (χ1n) is 7.44. The molecule has 2 aromatic rings. The fourth-order valence-corrected chi connectivity index (χ4v) is 6.05. The predicted molar refractivity (Wildman–Crippen MR) is 102 cm³/mol. The fraction of sp³-hybridized carbons (Fsp3) is 0.250. The first-order chi connectivity index (χ1) is 11.8. The highest BCUT2D eigenvalue weighted by molar-refractivity contribution is 9.10. The van der Waals surface area contributed by atoms with E-state index in [9.17, 15) is 12.8 Å². The average Bonchev–Trinajstić information content (AvgIpc) is 2.54. The van der Waals surface area contributed by atoms with Crippen LogP contribution in [-0.2, 0) is 10.0 Å². The SMILES string of the molecule is O=S(=O)(c1c(Cl)cc(Br)cc1Cl)N1CCN(c2ccc(F)cc2)CC1. The third-order valence-corrected chi connectivity index (χ3v) is 7.27. The summed E-state index contributed by atoms with van der Waals surface area (Å²) >= 11 is 15.5. The van der Waals surface area contributed by atoms with Crippen LogP contribution in [0.4, 0.5) is 10.1 Å². The summed E-state index contributed by atoms with van der Waals surface area (Å²) in [7, 11) is -3.79. The van der Waals surface area contributed by atoms with E-state index in [1.54, 1.807) is 12.1 Å². The summed E-state index contributed by atoms with van der Waals surface area (Å²) in [5, 5.41) is 0.167. The maximum atomic E-state index is 13.0. The molecule has 0 atom stereocenters. The van der Waals surface area contributed by atoms with Crippen molar-refractivity contribution in [3.05, 3.63) is 56.7 Å². The van der Waals surface area contributed by atoms with Crippen molar-refractivity contribution >= 4 is 54.8 Å². The number of piperazine rings is 1. The molecule has 2 aromatic carbocycles. The van der Waals surface area contributed by atoms with Crippen molar-refractivity contribution in [2.75, 3.05) is 31.1 Å². The van der Waals surface area contributed by atoms with Crippen molar-refractivity contribution in [3.8, 4) is 0 Å². The van der Waals surface area contributed by atoms with Crippen LogP contribution < -0.4 is 4.90 Å². The topological polar surface area (TPSA) is 40.6 Å². The van der Waals surface area contributed by atoms with Gasteiger partial charge in [-0.1, -0.05) is 39.1 Å². The molecule has 134 valence electrons. The standard InChI is InChI=1S/C16H14BrCl2FN2O2S/c17-11-9-14(18)16(15(19)10-11)25(23,24)22-7-5-21(6-8-22)13-3-1-12(20)2-4-13/h1-4,9-10H,5-8H2. The largest absolute Gasteiger partial charge is 0.369 e. The molecule has 0 N–H and O–H groups in total. The second-order valence-corrected chi connectivity index (χ2v) is 9.17. The second kappa shape index (κ2) is 7.40. The molecule has 0 bridgehead atoms. The number of hydrogen-bond acceptors (Lipinski definition) is 3. The Morgan fingerprint density at radius 3 is 2.00 bits per heavy atom. The van der Waals surface area contributed by atoms with E-state index in [1.165, 1.54) is 28.6 Å². The predicted octanol–water partition coefficient (Wildman–Crippen LogP) is 4.41. The van der Waals surface area contributed by atoms with Gasteiger partial charge in [-0.15, -0.1) is 0 Å². The Balaban J connectivity index is 1.79. The lowest BCUT2D eigenvalue weighted by atomic mass is 10.2. The molecule has 4 nitrogen and oxygen atoms in total. The maximum absolute atomic E-state index is 13.0. The molecule has 1 heterocycles. The van der Waals surface area contributed by atoms with Gasteiger partial charge in [0.1, 0.15) is 10.7 Å². The van der Waals surface area contributed by atoms with E-state index in [0.29, 0.717) is 30.7 Å². The van der Waals surface area contributed by atoms with Crippen LogP contribution in [0.15, 0.2) is 45.8 Å². The van der Waals surface area contributed by atoms with Gasteiger partial charge in [0, 0.05) is 36.3 Å². The number of benzene rings is 2. The lowest BCUT2D eigenvalue weighted by molar-refractivity contribution is 0.385. The Kier molecular flexibility index (Phi) is 5.60. The van der Waals surface area contributed by atoms with E-state index in [4.69, 9.17) is 23.2 Å². The normalized spacial score (nSPS) is 16.2. The quantitative estimate of drug-likeness (QED) is 0.671. The zero-order valence-corrected chi connectivity index (χ0v) is 16.8. The average molecular weight is 468 g/mol. The first kappa shape index (κ1) is 18.9. The second-order valence-electron chi connectivity index (χ2n) is 5.57. The highest BCUT2D eigenvalue weighted by Crippen LogP contribution is 2.35. The molecule has 1 aliphatic rings. The Hall–Kier alpha value is -0.860. The van der Waals surface area contributed by atoms with Gasteiger partial charge in [0.15, 0.2) is 0 Å². The van der Waals surface area contributed by atoms with Crippen LogP contribution in [0.5, 0.6) is 0 Å². The van der Waals surface area contributed by atoms with Crippen LogP contribution in [0.25, 0.3) is 0 Å². The zero-order valence-electron chi connectivity index (χ0n) is 12.9. The van der Waals surface area contributed by atoms with Crippen LogP contribution >= 0.6 is 39.1 Å². The van der Waals surface area contributed by atoms with E-state index < -0.39 is 10.0 Å². The lowest BCUT2D eigenvalue weighted by Crippen LogP contribution is -2.48. The zero-order chi connectivity index (χ0) is 18.2. The molecule has 0 radical (unpaired) electrons. The number of halogens is 4. The van der Waals surface area contributed by atoms with E-state index in [1.807, 2.05) is 4.90 Å². The molecule has 0 saturated carbocycles. The summed E-state index contributed by atoms with van der Waals surface area (Å²) in [6.07, 6.45) is 0. The molecule has 25 heavy (non-hydrogen) atoms. The minimum atomic E-state index is -3.79. The number of hydrogen-bond donors (Lipinski definition) is 0. The van der Waals surface area contributed by atoms with Crippen LogP contribution in [0.3, 0.4) is 0 Å². The molecule has 3 rings (SSSR count). The van der Waals surface area contributed by atoms with Crippen molar-refractivity contribution < 1.29 is 12.8 Å². The minimum absolute atomic E-state index is 0.0748. The maximum Gasteiger partial charge on any atom is 0.246 e. The Morgan fingerprint density at radius 1 is 0.960 bits per heavy atom. The Labute approximate surface area is 164 Å². The molecule has 0 aliphatic carbocycles. The van der Waals surface area contributed by atoms with Gasteiger partial charge in [-0.25, -0.2) is 12.8 Å². The summed E-state index contributed by atoms with van der Waals surface area (Å²) < 4.78 is 40.8. The monoisotopic (exact) mass is 466 g/mol. The number of rotatable bonds is 3.